The molecule has 0 fully saturated rings. The van der Waals surface area contributed by atoms with Gasteiger partial charge < -0.3 is 10.1 Å². The van der Waals surface area contributed by atoms with Gasteiger partial charge in [0.05, 0.1) is 36.0 Å². The topological polar surface area (TPSA) is 103 Å². The third-order valence-electron chi connectivity index (χ3n) is 4.79. The molecule has 0 aliphatic carbocycles. The molecule has 30 heavy (non-hydrogen) atoms. The highest BCUT2D eigenvalue weighted by Crippen LogP contribution is 2.29. The van der Waals surface area contributed by atoms with Crippen LogP contribution in [0.15, 0.2) is 60.9 Å². The first-order valence-corrected chi connectivity index (χ1v) is 9.31. The fourth-order valence-corrected chi connectivity index (χ4v) is 2.92. The van der Waals surface area contributed by atoms with E-state index >= 15 is 0 Å². The van der Waals surface area contributed by atoms with Gasteiger partial charge >= 0.3 is 0 Å². The third-order valence-corrected chi connectivity index (χ3v) is 4.79. The Hall–Kier alpha value is -3.72. The Balaban J connectivity index is 1.66. The van der Waals surface area contributed by atoms with E-state index in [0.717, 1.165) is 11.3 Å². The first-order chi connectivity index (χ1) is 14.4. The number of likely N-dealkylation sites (N-methyl/N-ethyl adjacent to an activating group) is 1. The monoisotopic (exact) mass is 409 g/mol. The summed E-state index contributed by atoms with van der Waals surface area (Å²) in [7, 11) is 3.24. The molecule has 0 aliphatic heterocycles. The first-order valence-electron chi connectivity index (χ1n) is 9.31. The highest BCUT2D eigenvalue weighted by Gasteiger charge is 2.23. The number of nitro benzene ring substituents is 1. The van der Waals surface area contributed by atoms with Crippen molar-refractivity contribution in [3.8, 4) is 11.4 Å². The summed E-state index contributed by atoms with van der Waals surface area (Å²) < 4.78 is 6.79. The van der Waals surface area contributed by atoms with Crippen molar-refractivity contribution >= 4 is 17.3 Å². The molecule has 1 heterocycles. The number of rotatable bonds is 8. The van der Waals surface area contributed by atoms with E-state index in [9.17, 15) is 14.9 Å². The van der Waals surface area contributed by atoms with Gasteiger partial charge in [-0.3, -0.25) is 19.8 Å². The zero-order valence-electron chi connectivity index (χ0n) is 17.0. The number of benzene rings is 2. The molecule has 156 valence electrons. The van der Waals surface area contributed by atoms with Crippen LogP contribution in [0.3, 0.4) is 0 Å². The molecule has 2 aromatic carbocycles. The molecular formula is C21H23N5O4. The molecule has 0 radical (unpaired) electrons. The van der Waals surface area contributed by atoms with E-state index < -0.39 is 11.0 Å². The van der Waals surface area contributed by atoms with Crippen molar-refractivity contribution in [2.24, 2.45) is 0 Å². The number of methoxy groups -OCH3 is 1. The van der Waals surface area contributed by atoms with Crippen molar-refractivity contribution in [2.75, 3.05) is 19.5 Å². The van der Waals surface area contributed by atoms with Crippen LogP contribution in [0.1, 0.15) is 12.5 Å². The Morgan fingerprint density at radius 3 is 2.70 bits per heavy atom. The van der Waals surface area contributed by atoms with E-state index in [-0.39, 0.29) is 17.3 Å². The Morgan fingerprint density at radius 2 is 2.03 bits per heavy atom. The van der Waals surface area contributed by atoms with Gasteiger partial charge in [0.2, 0.25) is 5.91 Å². The molecule has 1 N–H and O–H groups in total. The lowest BCUT2D eigenvalue weighted by Crippen LogP contribution is -2.39. The minimum atomic E-state index is -0.551. The predicted molar refractivity (Wildman–Crippen MR) is 113 cm³/mol. The lowest BCUT2D eigenvalue weighted by atomic mass is 10.2. The largest absolute Gasteiger partial charge is 0.496 e. The van der Waals surface area contributed by atoms with Crippen molar-refractivity contribution in [2.45, 2.75) is 19.5 Å². The summed E-state index contributed by atoms with van der Waals surface area (Å²) in [5.41, 5.74) is 1.80. The van der Waals surface area contributed by atoms with Crippen molar-refractivity contribution in [1.29, 1.82) is 0 Å². The summed E-state index contributed by atoms with van der Waals surface area (Å²) in [4.78, 5) is 25.3. The van der Waals surface area contributed by atoms with E-state index in [1.807, 2.05) is 48.5 Å². The Labute approximate surface area is 174 Å². The van der Waals surface area contributed by atoms with Crippen LogP contribution in [0, 0.1) is 10.1 Å². The van der Waals surface area contributed by atoms with Crippen LogP contribution >= 0.6 is 0 Å². The molecule has 9 nitrogen and oxygen atoms in total. The number of nitrogens with one attached hydrogen (secondary N) is 1. The number of hydrogen-bond acceptors (Lipinski definition) is 6. The summed E-state index contributed by atoms with van der Waals surface area (Å²) in [6, 6.07) is 13.5. The van der Waals surface area contributed by atoms with E-state index in [1.54, 1.807) is 23.9 Å². The zero-order valence-corrected chi connectivity index (χ0v) is 17.0. The number of carbonyl (C=O) groups excluding carboxylic acids is 1. The number of nitrogens with zero attached hydrogens (tertiary/aromatic N) is 4. The van der Waals surface area contributed by atoms with Gasteiger partial charge in [-0.1, -0.05) is 18.2 Å². The highest BCUT2D eigenvalue weighted by atomic mass is 16.6. The van der Waals surface area contributed by atoms with Crippen LogP contribution in [0.2, 0.25) is 0 Å². The molecule has 9 heteroatoms. The third kappa shape index (κ3) is 4.81. The average Bonchev–Trinajstić information content (AvgIpc) is 3.22. The number of nitro groups is 1. The number of aromatic nitrogens is 2. The van der Waals surface area contributed by atoms with Gasteiger partial charge in [-0.25, -0.2) is 4.68 Å². The highest BCUT2D eigenvalue weighted by molar-refractivity contribution is 5.96. The van der Waals surface area contributed by atoms with Crippen LogP contribution < -0.4 is 10.1 Å². The molecule has 1 unspecified atom stereocenters. The Kier molecular flexibility index (Phi) is 6.43. The lowest BCUT2D eigenvalue weighted by Gasteiger charge is -2.23. The van der Waals surface area contributed by atoms with E-state index in [4.69, 9.17) is 4.74 Å². The fraction of sp³-hybridized carbons (Fsp3) is 0.238. The van der Waals surface area contributed by atoms with Crippen molar-refractivity contribution in [3.63, 3.8) is 0 Å². The van der Waals surface area contributed by atoms with Crippen LogP contribution in [0.25, 0.3) is 5.69 Å². The van der Waals surface area contributed by atoms with Gasteiger partial charge in [-0.05, 0) is 38.2 Å². The quantitative estimate of drug-likeness (QED) is 0.453. The molecule has 0 aliphatic rings. The van der Waals surface area contributed by atoms with Gasteiger partial charge in [0.25, 0.3) is 5.69 Å². The van der Waals surface area contributed by atoms with Gasteiger partial charge in [-0.2, -0.15) is 5.10 Å². The minimum absolute atomic E-state index is 0.128. The molecular weight excluding hydrogens is 386 g/mol. The van der Waals surface area contributed by atoms with Crippen molar-refractivity contribution in [3.05, 3.63) is 76.6 Å². The van der Waals surface area contributed by atoms with E-state index in [0.29, 0.717) is 12.3 Å². The van der Waals surface area contributed by atoms with Crippen LogP contribution in [-0.4, -0.2) is 45.7 Å². The summed E-state index contributed by atoms with van der Waals surface area (Å²) in [5, 5.41) is 18.3. The van der Waals surface area contributed by atoms with Gasteiger partial charge in [0, 0.05) is 18.3 Å². The number of carbonyl (C=O) groups is 1. The molecule has 1 aromatic heterocycles. The van der Waals surface area contributed by atoms with Gasteiger partial charge in [-0.15, -0.1) is 0 Å². The van der Waals surface area contributed by atoms with Crippen LogP contribution in [0.4, 0.5) is 11.4 Å². The van der Waals surface area contributed by atoms with Gasteiger partial charge in [0.15, 0.2) is 0 Å². The lowest BCUT2D eigenvalue weighted by molar-refractivity contribution is -0.384. The van der Waals surface area contributed by atoms with Crippen LogP contribution in [0.5, 0.6) is 5.75 Å². The normalized spacial score (nSPS) is 11.9. The minimum Gasteiger partial charge on any atom is -0.496 e. The molecule has 1 amide bonds. The standard InChI is InChI=1S/C21H23N5O4/c1-15(21(27)23-19-10-9-18(30-3)11-20(19)26(28)29)24(2)13-16-12-22-25(14-16)17-7-5-4-6-8-17/h4-12,14-15H,13H2,1-3H3,(H,23,27). The maximum absolute atomic E-state index is 12.7. The Morgan fingerprint density at radius 1 is 1.30 bits per heavy atom. The average molecular weight is 409 g/mol. The number of amides is 1. The first kappa shape index (κ1) is 21.0. The Bertz CT molecular complexity index is 1030. The second-order valence-electron chi connectivity index (χ2n) is 6.85. The summed E-state index contributed by atoms with van der Waals surface area (Å²) in [5.74, 6) is 0.00140. The molecule has 1 atom stereocenters. The fourth-order valence-electron chi connectivity index (χ4n) is 2.92. The predicted octanol–water partition coefficient (Wildman–Crippen LogP) is 3.25. The van der Waals surface area contributed by atoms with Crippen molar-refractivity contribution < 1.29 is 14.5 Å². The molecule has 0 saturated heterocycles. The number of para-hydroxylation sites is 1. The molecule has 3 aromatic rings. The number of anilines is 1. The van der Waals surface area contributed by atoms with Gasteiger partial charge in [0.1, 0.15) is 11.4 Å². The second-order valence-corrected chi connectivity index (χ2v) is 6.85. The summed E-state index contributed by atoms with van der Waals surface area (Å²) in [6.07, 6.45) is 3.66. The van der Waals surface area contributed by atoms with Crippen LogP contribution in [-0.2, 0) is 11.3 Å². The molecule has 3 rings (SSSR count). The SMILES string of the molecule is COc1ccc(NC(=O)C(C)N(C)Cc2cnn(-c3ccccc3)c2)c([N+](=O)[O-])c1. The van der Waals surface area contributed by atoms with E-state index in [2.05, 4.69) is 10.4 Å². The molecule has 0 saturated carbocycles. The van der Waals surface area contributed by atoms with E-state index in [1.165, 1.54) is 19.2 Å². The smallest absolute Gasteiger partial charge is 0.296 e. The number of ether oxygens (including phenoxy) is 1. The van der Waals surface area contributed by atoms with Crippen molar-refractivity contribution in [1.82, 2.24) is 14.7 Å². The number of hydrogen-bond donors (Lipinski definition) is 1. The maximum Gasteiger partial charge on any atom is 0.296 e. The summed E-state index contributed by atoms with van der Waals surface area (Å²) in [6.45, 7) is 2.23. The molecule has 0 bridgehead atoms. The molecule has 0 spiro atoms. The second kappa shape index (κ2) is 9.19. The zero-order chi connectivity index (χ0) is 21.7. The maximum atomic E-state index is 12.7. The summed E-state index contributed by atoms with van der Waals surface area (Å²) >= 11 is 0.